The third kappa shape index (κ3) is 5.17. The lowest BCUT2D eigenvalue weighted by Gasteiger charge is -2.19. The first kappa shape index (κ1) is 16.0. The minimum atomic E-state index is 0.664. The fourth-order valence-electron chi connectivity index (χ4n) is 2.20. The number of unbranched alkanes of at least 4 members (excludes halogenated alkanes) is 4. The third-order valence-corrected chi connectivity index (χ3v) is 3.35. The highest BCUT2D eigenvalue weighted by Gasteiger charge is 2.05. The predicted octanol–water partition coefficient (Wildman–Crippen LogP) is 4.96. The molecule has 2 aromatic carbocycles. The van der Waals surface area contributed by atoms with Crippen molar-refractivity contribution in [2.75, 3.05) is 5.01 Å². The van der Waals surface area contributed by atoms with Gasteiger partial charge in [0.15, 0.2) is 0 Å². The van der Waals surface area contributed by atoms with Crippen molar-refractivity contribution in [2.24, 2.45) is 5.10 Å². The number of hydrogen-bond donors (Lipinski definition) is 0. The van der Waals surface area contributed by atoms with Crippen LogP contribution in [0.3, 0.4) is 0 Å². The average molecular weight is 294 g/mol. The molecule has 0 aliphatic rings. The van der Waals surface area contributed by atoms with Crippen LogP contribution in [0.1, 0.15) is 32.1 Å². The number of anilines is 2. The van der Waals surface area contributed by atoms with Crippen molar-refractivity contribution in [3.63, 3.8) is 0 Å². The molecule has 0 spiro atoms. The summed E-state index contributed by atoms with van der Waals surface area (Å²) < 4.78 is 0. The fraction of sp³-hybridized carbons (Fsp3) is 0.263. The van der Waals surface area contributed by atoms with Crippen LogP contribution in [-0.4, -0.2) is 12.5 Å². The molecule has 0 radical (unpaired) electrons. The van der Waals surface area contributed by atoms with Gasteiger partial charge in [-0.05, 0) is 43.5 Å². The first-order valence-electron chi connectivity index (χ1n) is 7.78. The summed E-state index contributed by atoms with van der Waals surface area (Å²) in [6.45, 7) is 0. The average Bonchev–Trinajstić information content (AvgIpc) is 2.59. The summed E-state index contributed by atoms with van der Waals surface area (Å²) in [5.74, 6) is 0. The summed E-state index contributed by atoms with van der Waals surface area (Å²) in [6, 6.07) is 20.3. The van der Waals surface area contributed by atoms with Gasteiger partial charge in [0.1, 0.15) is 6.29 Å². The standard InChI is InChI=1S/C19H22N2O/c22-17-11-3-1-2-10-16-20-21(18-12-6-4-7-13-18)19-14-8-5-9-15-19/h4-9,12-17H,1-3,10-11H2/b20-16+. The second-order valence-corrected chi connectivity index (χ2v) is 5.09. The molecule has 22 heavy (non-hydrogen) atoms. The molecule has 2 aromatic rings. The maximum Gasteiger partial charge on any atom is 0.119 e. The highest BCUT2D eigenvalue weighted by atomic mass is 16.1. The van der Waals surface area contributed by atoms with Gasteiger partial charge >= 0.3 is 0 Å². The molecule has 0 saturated carbocycles. The Morgan fingerprint density at radius 1 is 0.773 bits per heavy atom. The van der Waals surface area contributed by atoms with Crippen LogP contribution in [0.4, 0.5) is 11.4 Å². The minimum Gasteiger partial charge on any atom is -0.303 e. The van der Waals surface area contributed by atoms with Gasteiger partial charge in [-0.15, -0.1) is 0 Å². The van der Waals surface area contributed by atoms with Gasteiger partial charge in [0.05, 0.1) is 11.4 Å². The molecular formula is C19H22N2O. The third-order valence-electron chi connectivity index (χ3n) is 3.35. The van der Waals surface area contributed by atoms with Crippen molar-refractivity contribution < 1.29 is 4.79 Å². The summed E-state index contributed by atoms with van der Waals surface area (Å²) in [4.78, 5) is 10.3. The van der Waals surface area contributed by atoms with Gasteiger partial charge in [-0.25, -0.2) is 5.01 Å². The van der Waals surface area contributed by atoms with E-state index in [2.05, 4.69) is 29.4 Å². The molecule has 0 aliphatic carbocycles. The van der Waals surface area contributed by atoms with Crippen LogP contribution >= 0.6 is 0 Å². The molecule has 0 atom stereocenters. The Kier molecular flexibility index (Phi) is 6.89. The van der Waals surface area contributed by atoms with E-state index in [-0.39, 0.29) is 0 Å². The first-order valence-corrected chi connectivity index (χ1v) is 7.78. The van der Waals surface area contributed by atoms with Gasteiger partial charge in [0.25, 0.3) is 0 Å². The second-order valence-electron chi connectivity index (χ2n) is 5.09. The topological polar surface area (TPSA) is 32.7 Å². The summed E-state index contributed by atoms with van der Waals surface area (Å²) in [5, 5.41) is 6.57. The Hall–Kier alpha value is -2.42. The second kappa shape index (κ2) is 9.50. The highest BCUT2D eigenvalue weighted by Crippen LogP contribution is 2.24. The molecule has 0 heterocycles. The zero-order valence-corrected chi connectivity index (χ0v) is 12.8. The summed E-state index contributed by atoms with van der Waals surface area (Å²) in [5.41, 5.74) is 2.09. The fourth-order valence-corrected chi connectivity index (χ4v) is 2.20. The summed E-state index contributed by atoms with van der Waals surface area (Å²) in [6.07, 6.45) is 7.64. The van der Waals surface area contributed by atoms with E-state index in [4.69, 9.17) is 0 Å². The SMILES string of the molecule is O=CCCCCC/C=N/N(c1ccccc1)c1ccccc1. The van der Waals surface area contributed by atoms with Crippen LogP contribution in [0.15, 0.2) is 65.8 Å². The van der Waals surface area contributed by atoms with Crippen LogP contribution in [-0.2, 0) is 4.79 Å². The number of carbonyl (C=O) groups excluding carboxylic acids is 1. The van der Waals surface area contributed by atoms with E-state index >= 15 is 0 Å². The van der Waals surface area contributed by atoms with Gasteiger partial charge in [-0.2, -0.15) is 5.10 Å². The summed E-state index contributed by atoms with van der Waals surface area (Å²) in [7, 11) is 0. The van der Waals surface area contributed by atoms with E-state index in [1.54, 1.807) is 0 Å². The van der Waals surface area contributed by atoms with Gasteiger partial charge in [0, 0.05) is 12.6 Å². The van der Waals surface area contributed by atoms with E-state index in [1.165, 1.54) is 0 Å². The molecular weight excluding hydrogens is 272 g/mol. The maximum absolute atomic E-state index is 10.3. The number of carbonyl (C=O) groups is 1. The van der Waals surface area contributed by atoms with Crippen LogP contribution < -0.4 is 5.01 Å². The molecule has 0 bridgehead atoms. The molecule has 3 nitrogen and oxygen atoms in total. The smallest absolute Gasteiger partial charge is 0.119 e. The van der Waals surface area contributed by atoms with Crippen LogP contribution in [0.25, 0.3) is 0 Å². The van der Waals surface area contributed by atoms with E-state index in [0.717, 1.165) is 43.3 Å². The zero-order chi connectivity index (χ0) is 15.5. The van der Waals surface area contributed by atoms with Crippen molar-refractivity contribution in [3.05, 3.63) is 60.7 Å². The van der Waals surface area contributed by atoms with Crippen molar-refractivity contribution >= 4 is 23.9 Å². The van der Waals surface area contributed by atoms with E-state index in [9.17, 15) is 4.79 Å². The highest BCUT2D eigenvalue weighted by molar-refractivity contribution is 5.67. The number of hydrazone groups is 1. The number of rotatable bonds is 9. The lowest BCUT2D eigenvalue weighted by molar-refractivity contribution is -0.107. The Morgan fingerprint density at radius 2 is 1.32 bits per heavy atom. The predicted molar refractivity (Wildman–Crippen MR) is 92.7 cm³/mol. The largest absolute Gasteiger partial charge is 0.303 e. The number of nitrogens with zero attached hydrogens (tertiary/aromatic N) is 2. The number of aldehydes is 1. The van der Waals surface area contributed by atoms with Crippen LogP contribution in [0.2, 0.25) is 0 Å². The molecule has 0 aromatic heterocycles. The molecule has 0 fully saturated rings. The normalized spacial score (nSPS) is 10.7. The van der Waals surface area contributed by atoms with Crippen molar-refractivity contribution in [1.82, 2.24) is 0 Å². The molecule has 0 amide bonds. The first-order chi connectivity index (χ1) is 10.9. The van der Waals surface area contributed by atoms with Crippen LogP contribution in [0.5, 0.6) is 0 Å². The number of hydrogen-bond acceptors (Lipinski definition) is 3. The van der Waals surface area contributed by atoms with Gasteiger partial charge in [0.2, 0.25) is 0 Å². The van der Waals surface area contributed by atoms with Crippen molar-refractivity contribution in [2.45, 2.75) is 32.1 Å². The van der Waals surface area contributed by atoms with Gasteiger partial charge < -0.3 is 4.79 Å². The Labute approximate surface area is 132 Å². The van der Waals surface area contributed by atoms with E-state index in [0.29, 0.717) is 6.42 Å². The molecule has 3 heteroatoms. The molecule has 0 aliphatic heterocycles. The van der Waals surface area contributed by atoms with E-state index in [1.807, 2.05) is 47.6 Å². The van der Waals surface area contributed by atoms with Crippen molar-refractivity contribution in [1.29, 1.82) is 0 Å². The summed E-state index contributed by atoms with van der Waals surface area (Å²) >= 11 is 0. The number of benzene rings is 2. The lowest BCUT2D eigenvalue weighted by atomic mass is 10.2. The van der Waals surface area contributed by atoms with E-state index < -0.39 is 0 Å². The lowest BCUT2D eigenvalue weighted by Crippen LogP contribution is -2.08. The van der Waals surface area contributed by atoms with Gasteiger partial charge in [-0.1, -0.05) is 42.8 Å². The van der Waals surface area contributed by atoms with Crippen LogP contribution in [0, 0.1) is 0 Å². The molecule has 0 saturated heterocycles. The monoisotopic (exact) mass is 294 g/mol. The molecule has 114 valence electrons. The quantitative estimate of drug-likeness (QED) is 0.283. The molecule has 2 rings (SSSR count). The Bertz CT molecular complexity index is 527. The molecule has 0 unspecified atom stereocenters. The maximum atomic E-state index is 10.3. The Morgan fingerprint density at radius 3 is 1.86 bits per heavy atom. The van der Waals surface area contributed by atoms with Gasteiger partial charge in [-0.3, -0.25) is 0 Å². The zero-order valence-electron chi connectivity index (χ0n) is 12.8. The number of para-hydroxylation sites is 2. The Balaban J connectivity index is 1.98. The molecule has 0 N–H and O–H groups in total. The minimum absolute atomic E-state index is 0.664. The van der Waals surface area contributed by atoms with Crippen molar-refractivity contribution in [3.8, 4) is 0 Å².